The molecule has 0 amide bonds. The maximum absolute atomic E-state index is 6.02. The molecule has 0 saturated heterocycles. The van der Waals surface area contributed by atoms with Crippen molar-refractivity contribution in [1.29, 1.82) is 0 Å². The van der Waals surface area contributed by atoms with Crippen LogP contribution < -0.4 is 0 Å². The van der Waals surface area contributed by atoms with Crippen molar-refractivity contribution in [2.75, 3.05) is 0 Å². The first-order chi connectivity index (χ1) is 10.4. The number of hydrogen-bond acceptors (Lipinski definition) is 2. The van der Waals surface area contributed by atoms with Crippen molar-refractivity contribution in [2.24, 2.45) is 5.92 Å². The highest BCUT2D eigenvalue weighted by Gasteiger charge is 2.27. The number of oxazole rings is 1. The molecule has 0 N–H and O–H groups in total. The Kier molecular flexibility index (Phi) is 2.93. The summed E-state index contributed by atoms with van der Waals surface area (Å²) in [5, 5.41) is 0. The predicted octanol–water partition coefficient (Wildman–Crippen LogP) is 4.70. The van der Waals surface area contributed by atoms with Gasteiger partial charge in [0, 0.05) is 5.92 Å². The summed E-state index contributed by atoms with van der Waals surface area (Å²) in [5.41, 5.74) is 2.99. The maximum atomic E-state index is 6.02. The van der Waals surface area contributed by atoms with E-state index in [1.165, 1.54) is 5.56 Å². The minimum absolute atomic E-state index is 0.119. The minimum Gasteiger partial charge on any atom is -0.440 e. The molecule has 0 bridgehead atoms. The third kappa shape index (κ3) is 2.19. The molecule has 21 heavy (non-hydrogen) atoms. The van der Waals surface area contributed by atoms with Gasteiger partial charge in [-0.05, 0) is 17.7 Å². The number of allylic oxidation sites excluding steroid dienone is 4. The minimum atomic E-state index is 0.119. The van der Waals surface area contributed by atoms with E-state index in [2.05, 4.69) is 48.6 Å². The van der Waals surface area contributed by atoms with Gasteiger partial charge in [0.1, 0.15) is 5.52 Å². The van der Waals surface area contributed by atoms with Crippen molar-refractivity contribution in [1.82, 2.24) is 4.98 Å². The summed E-state index contributed by atoms with van der Waals surface area (Å²) in [4.78, 5) is 4.70. The van der Waals surface area contributed by atoms with E-state index < -0.39 is 0 Å². The summed E-state index contributed by atoms with van der Waals surface area (Å²) in [5.74, 6) is 1.19. The van der Waals surface area contributed by atoms with E-state index in [4.69, 9.17) is 9.40 Å². The first-order valence-corrected chi connectivity index (χ1v) is 7.17. The van der Waals surface area contributed by atoms with Crippen LogP contribution in [0.3, 0.4) is 0 Å². The summed E-state index contributed by atoms with van der Waals surface area (Å²) in [6.45, 7) is 0. The van der Waals surface area contributed by atoms with E-state index in [0.717, 1.165) is 17.0 Å². The average molecular weight is 273 g/mol. The number of hydrogen-bond donors (Lipinski definition) is 0. The Bertz CT molecular complexity index is 769. The SMILES string of the molecule is C1=CC(C(c2ccccc2)c2nc3ccccc3o2)C=C1. The van der Waals surface area contributed by atoms with Crippen LogP contribution >= 0.6 is 0 Å². The van der Waals surface area contributed by atoms with E-state index >= 15 is 0 Å². The second-order valence-corrected chi connectivity index (χ2v) is 5.26. The van der Waals surface area contributed by atoms with Crippen LogP contribution in [-0.2, 0) is 0 Å². The molecule has 1 heterocycles. The molecule has 4 rings (SSSR count). The van der Waals surface area contributed by atoms with Gasteiger partial charge in [-0.15, -0.1) is 0 Å². The third-order valence-corrected chi connectivity index (χ3v) is 3.90. The molecule has 2 aromatic carbocycles. The molecule has 0 fully saturated rings. The average Bonchev–Trinajstić information content (AvgIpc) is 3.18. The van der Waals surface area contributed by atoms with Crippen molar-refractivity contribution in [2.45, 2.75) is 5.92 Å². The molecule has 1 atom stereocenters. The number of fused-ring (bicyclic) bond motifs is 1. The van der Waals surface area contributed by atoms with E-state index in [0.29, 0.717) is 5.92 Å². The van der Waals surface area contributed by atoms with Crippen molar-refractivity contribution in [3.63, 3.8) is 0 Å². The van der Waals surface area contributed by atoms with Crippen LogP contribution in [0.25, 0.3) is 11.1 Å². The van der Waals surface area contributed by atoms with Crippen molar-refractivity contribution in [3.05, 3.63) is 90.4 Å². The van der Waals surface area contributed by atoms with Crippen LogP contribution in [0.15, 0.2) is 83.3 Å². The number of aromatic nitrogens is 1. The Hall–Kier alpha value is -2.61. The van der Waals surface area contributed by atoms with Gasteiger partial charge in [0.05, 0.1) is 5.92 Å². The first kappa shape index (κ1) is 12.2. The first-order valence-electron chi connectivity index (χ1n) is 7.17. The van der Waals surface area contributed by atoms with Crippen molar-refractivity contribution < 1.29 is 4.42 Å². The maximum Gasteiger partial charge on any atom is 0.203 e. The molecular weight excluding hydrogens is 258 g/mol. The Morgan fingerprint density at radius 2 is 1.57 bits per heavy atom. The van der Waals surface area contributed by atoms with Gasteiger partial charge in [0.2, 0.25) is 5.89 Å². The quantitative estimate of drug-likeness (QED) is 0.691. The van der Waals surface area contributed by atoms with E-state index in [1.807, 2.05) is 30.3 Å². The highest BCUT2D eigenvalue weighted by molar-refractivity contribution is 5.72. The molecular formula is C19H15NO. The molecule has 1 unspecified atom stereocenters. The Balaban J connectivity index is 1.85. The highest BCUT2D eigenvalue weighted by Crippen LogP contribution is 2.36. The standard InChI is InChI=1S/C19H15NO/c1-2-8-14(9-3-1)18(15-10-4-5-11-15)19-20-16-12-6-7-13-17(16)21-19/h1-13,15,18H. The normalized spacial score (nSPS) is 15.8. The fourth-order valence-electron chi connectivity index (χ4n) is 2.88. The summed E-state index contributed by atoms with van der Waals surface area (Å²) in [7, 11) is 0. The Labute approximate surface area is 123 Å². The summed E-state index contributed by atoms with van der Waals surface area (Å²) in [6, 6.07) is 18.4. The van der Waals surface area contributed by atoms with Crippen molar-refractivity contribution in [3.8, 4) is 0 Å². The molecule has 1 aliphatic rings. The molecule has 2 nitrogen and oxygen atoms in total. The molecule has 1 aliphatic carbocycles. The number of rotatable bonds is 3. The molecule has 2 heteroatoms. The zero-order valence-corrected chi connectivity index (χ0v) is 11.5. The molecule has 0 aliphatic heterocycles. The van der Waals surface area contributed by atoms with Gasteiger partial charge >= 0.3 is 0 Å². The number of para-hydroxylation sites is 2. The summed E-state index contributed by atoms with van der Waals surface area (Å²) in [6.07, 6.45) is 8.57. The fourth-order valence-corrected chi connectivity index (χ4v) is 2.88. The van der Waals surface area contributed by atoms with Crippen molar-refractivity contribution >= 4 is 11.1 Å². The van der Waals surface area contributed by atoms with Crippen LogP contribution in [0.1, 0.15) is 17.4 Å². The third-order valence-electron chi connectivity index (χ3n) is 3.90. The van der Waals surface area contributed by atoms with E-state index in [9.17, 15) is 0 Å². The molecule has 0 saturated carbocycles. The van der Waals surface area contributed by atoms with Crippen LogP contribution in [0.4, 0.5) is 0 Å². The number of benzene rings is 2. The lowest BCUT2D eigenvalue weighted by Crippen LogP contribution is -2.10. The largest absolute Gasteiger partial charge is 0.440 e. The molecule has 3 aromatic rings. The number of nitrogens with zero attached hydrogens (tertiary/aromatic N) is 1. The zero-order valence-electron chi connectivity index (χ0n) is 11.5. The van der Waals surface area contributed by atoms with Gasteiger partial charge in [-0.2, -0.15) is 0 Å². The lowest BCUT2D eigenvalue weighted by Gasteiger charge is -2.18. The Morgan fingerprint density at radius 1 is 0.857 bits per heavy atom. The smallest absolute Gasteiger partial charge is 0.203 e. The van der Waals surface area contributed by atoms with Gasteiger partial charge in [0.25, 0.3) is 0 Å². The molecule has 0 radical (unpaired) electrons. The monoisotopic (exact) mass is 273 g/mol. The van der Waals surface area contributed by atoms with E-state index in [-0.39, 0.29) is 5.92 Å². The lowest BCUT2D eigenvalue weighted by molar-refractivity contribution is 0.473. The van der Waals surface area contributed by atoms with Gasteiger partial charge in [-0.3, -0.25) is 0 Å². The zero-order chi connectivity index (χ0) is 14.1. The summed E-state index contributed by atoms with van der Waals surface area (Å²) < 4.78 is 6.02. The van der Waals surface area contributed by atoms with Gasteiger partial charge in [-0.25, -0.2) is 4.98 Å². The topological polar surface area (TPSA) is 26.0 Å². The predicted molar refractivity (Wildman–Crippen MR) is 84.1 cm³/mol. The molecule has 1 aromatic heterocycles. The molecule has 0 spiro atoms. The van der Waals surface area contributed by atoms with Crippen LogP contribution in [0, 0.1) is 5.92 Å². The fraction of sp³-hybridized carbons (Fsp3) is 0.105. The van der Waals surface area contributed by atoms with Crippen LogP contribution in [0.5, 0.6) is 0 Å². The Morgan fingerprint density at radius 3 is 2.33 bits per heavy atom. The second-order valence-electron chi connectivity index (χ2n) is 5.26. The summed E-state index contributed by atoms with van der Waals surface area (Å²) >= 11 is 0. The second kappa shape index (κ2) is 5.06. The van der Waals surface area contributed by atoms with Crippen LogP contribution in [0.2, 0.25) is 0 Å². The van der Waals surface area contributed by atoms with Gasteiger partial charge in [-0.1, -0.05) is 66.8 Å². The highest BCUT2D eigenvalue weighted by atomic mass is 16.3. The van der Waals surface area contributed by atoms with Gasteiger partial charge < -0.3 is 4.42 Å². The van der Waals surface area contributed by atoms with Gasteiger partial charge in [0.15, 0.2) is 5.58 Å². The lowest BCUT2D eigenvalue weighted by atomic mass is 9.87. The molecule has 102 valence electrons. The van der Waals surface area contributed by atoms with Crippen LogP contribution in [-0.4, -0.2) is 4.98 Å². The van der Waals surface area contributed by atoms with E-state index in [1.54, 1.807) is 0 Å².